The average molecular weight is 579 g/mol. The zero-order valence-corrected chi connectivity index (χ0v) is 22.9. The number of piperidine rings is 1. The number of hydrogen-bond acceptors (Lipinski definition) is 10. The topological polar surface area (TPSA) is 142 Å². The Labute approximate surface area is 240 Å². The molecule has 5 aliphatic rings. The number of benzene rings is 1. The van der Waals surface area contributed by atoms with E-state index in [1.54, 1.807) is 12.1 Å². The van der Waals surface area contributed by atoms with E-state index in [0.29, 0.717) is 73.1 Å². The predicted octanol–water partition coefficient (Wildman–Crippen LogP) is 2.29. The number of nitrogens with one attached hydrogen (secondary N) is 2. The first kappa shape index (κ1) is 25.9. The minimum Gasteiger partial charge on any atom is -0.480 e. The molecule has 3 N–H and O–H groups in total. The van der Waals surface area contributed by atoms with Crippen molar-refractivity contribution in [1.29, 1.82) is 0 Å². The van der Waals surface area contributed by atoms with Gasteiger partial charge in [-0.25, -0.2) is 19.2 Å². The van der Waals surface area contributed by atoms with E-state index in [1.807, 2.05) is 6.07 Å². The van der Waals surface area contributed by atoms with E-state index >= 15 is 4.39 Å². The van der Waals surface area contributed by atoms with Gasteiger partial charge in [0.2, 0.25) is 5.89 Å². The normalized spacial score (nSPS) is 26.8. The molecule has 3 aromatic rings. The largest absolute Gasteiger partial charge is 0.480 e. The van der Waals surface area contributed by atoms with Crippen LogP contribution >= 0.6 is 0 Å². The smallest absolute Gasteiger partial charge is 0.416 e. The van der Waals surface area contributed by atoms with Gasteiger partial charge in [0.25, 0.3) is 5.91 Å². The van der Waals surface area contributed by atoms with Crippen LogP contribution in [0, 0.1) is 11.7 Å². The summed E-state index contributed by atoms with van der Waals surface area (Å²) in [6.07, 6.45) is 2.42. The average Bonchev–Trinajstić information content (AvgIpc) is 3.76. The molecule has 0 radical (unpaired) electrons. The van der Waals surface area contributed by atoms with Crippen LogP contribution in [0.15, 0.2) is 22.6 Å². The molecule has 1 unspecified atom stereocenters. The molecule has 3 saturated heterocycles. The summed E-state index contributed by atoms with van der Waals surface area (Å²) in [6.45, 7) is 3.18. The molecule has 42 heavy (non-hydrogen) atoms. The molecule has 1 aromatic carbocycles. The summed E-state index contributed by atoms with van der Waals surface area (Å²) in [4.78, 5) is 37.4. The van der Waals surface area contributed by atoms with E-state index < -0.39 is 17.8 Å². The molecule has 3 atom stereocenters. The number of amides is 2. The Morgan fingerprint density at radius 2 is 2.02 bits per heavy atom. The quantitative estimate of drug-likeness (QED) is 0.422. The fraction of sp³-hybridized carbons (Fsp3) is 0.517. The fourth-order valence-corrected chi connectivity index (χ4v) is 7.06. The second-order valence-corrected chi connectivity index (χ2v) is 12.1. The van der Waals surface area contributed by atoms with E-state index in [0.717, 1.165) is 31.6 Å². The third kappa shape index (κ3) is 4.38. The molecule has 0 saturated carbocycles. The molecule has 4 aliphatic heterocycles. The van der Waals surface area contributed by atoms with Crippen LogP contribution in [-0.4, -0.2) is 83.0 Å². The lowest BCUT2D eigenvalue weighted by Gasteiger charge is -2.38. The minimum atomic E-state index is -0.590. The van der Waals surface area contributed by atoms with Crippen molar-refractivity contribution in [2.24, 2.45) is 5.92 Å². The molecule has 2 amide bonds. The second-order valence-electron chi connectivity index (χ2n) is 12.1. The van der Waals surface area contributed by atoms with Crippen LogP contribution < -0.4 is 20.3 Å². The standard InChI is InChI=1S/C29H31FN6O6/c30-24-18-8-15(7-16(18)9-19-25(24)41-27(32-19)20-10-17(37)11-31-20)12-35-5-3-29(4-6-35)14-36(28(39)42-29)22-2-1-21-26(33-22)34-23(38)13-40-21/h1-2,9,15,17,20,31,37H,3-8,10-14H2,(H,33,34,38)/t15?,17-,20+/m1/s1. The number of pyridine rings is 1. The number of rotatable bonds is 4. The number of ether oxygens (including phenoxy) is 2. The van der Waals surface area contributed by atoms with Crippen molar-refractivity contribution in [2.45, 2.75) is 49.9 Å². The molecular formula is C29H31FN6O6. The SMILES string of the molecule is O=C1COc2ccc(N3CC4(CCN(CC5Cc6cc7nc([C@@H]8C[C@@H](O)CN8)oc7c(F)c6C5)CC4)OC3=O)nc2N1. The van der Waals surface area contributed by atoms with Crippen LogP contribution in [0.1, 0.15) is 42.3 Å². The number of carbonyl (C=O) groups is 2. The zero-order chi connectivity index (χ0) is 28.6. The van der Waals surface area contributed by atoms with Crippen LogP contribution in [0.2, 0.25) is 0 Å². The first-order valence-electron chi connectivity index (χ1n) is 14.5. The zero-order valence-electron chi connectivity index (χ0n) is 22.9. The number of nitrogens with zero attached hydrogens (tertiary/aromatic N) is 4. The first-order valence-corrected chi connectivity index (χ1v) is 14.5. The van der Waals surface area contributed by atoms with Crippen molar-refractivity contribution in [3.05, 3.63) is 41.0 Å². The van der Waals surface area contributed by atoms with Gasteiger partial charge in [-0.15, -0.1) is 0 Å². The van der Waals surface area contributed by atoms with Gasteiger partial charge in [0.1, 0.15) is 16.9 Å². The molecule has 0 bridgehead atoms. The lowest BCUT2D eigenvalue weighted by Crippen LogP contribution is -2.48. The third-order valence-electron chi connectivity index (χ3n) is 9.23. The number of β-amino-alcohol motifs (C(OH)–C–C–N with tert-alkyl or cyclic N) is 1. The Balaban J connectivity index is 0.899. The van der Waals surface area contributed by atoms with Gasteiger partial charge in [-0.05, 0) is 54.5 Å². The highest BCUT2D eigenvalue weighted by Crippen LogP contribution is 2.39. The Kier molecular flexibility index (Phi) is 5.92. The Hall–Kier alpha value is -3.81. The monoisotopic (exact) mass is 578 g/mol. The van der Waals surface area contributed by atoms with E-state index in [-0.39, 0.29) is 35.9 Å². The van der Waals surface area contributed by atoms with Crippen molar-refractivity contribution < 1.29 is 33.0 Å². The molecule has 13 heteroatoms. The molecule has 6 heterocycles. The Morgan fingerprint density at radius 3 is 2.83 bits per heavy atom. The maximum absolute atomic E-state index is 15.5. The highest BCUT2D eigenvalue weighted by Gasteiger charge is 2.48. The molecule has 2 aromatic heterocycles. The van der Waals surface area contributed by atoms with Crippen LogP contribution in [0.4, 0.5) is 20.8 Å². The number of anilines is 2. The minimum absolute atomic E-state index is 0.0576. The highest BCUT2D eigenvalue weighted by atomic mass is 19.1. The lowest BCUT2D eigenvalue weighted by atomic mass is 9.90. The van der Waals surface area contributed by atoms with Crippen molar-refractivity contribution >= 4 is 34.7 Å². The van der Waals surface area contributed by atoms with Gasteiger partial charge in [-0.1, -0.05) is 0 Å². The number of aliphatic hydroxyl groups excluding tert-OH is 1. The summed E-state index contributed by atoms with van der Waals surface area (Å²) in [5, 5.41) is 15.7. The summed E-state index contributed by atoms with van der Waals surface area (Å²) < 4.78 is 32.6. The summed E-state index contributed by atoms with van der Waals surface area (Å²) in [5.74, 6) is 1.29. The van der Waals surface area contributed by atoms with Gasteiger partial charge in [-0.2, -0.15) is 0 Å². The van der Waals surface area contributed by atoms with Gasteiger partial charge < -0.3 is 34.5 Å². The molecule has 12 nitrogen and oxygen atoms in total. The van der Waals surface area contributed by atoms with Crippen molar-refractivity contribution in [2.75, 3.05) is 49.5 Å². The number of hydrogen-bond donors (Lipinski definition) is 3. The molecule has 3 fully saturated rings. The molecular weight excluding hydrogens is 547 g/mol. The number of aliphatic hydroxyl groups is 1. The van der Waals surface area contributed by atoms with Crippen molar-refractivity contribution in [3.63, 3.8) is 0 Å². The fourth-order valence-electron chi connectivity index (χ4n) is 7.06. The summed E-state index contributed by atoms with van der Waals surface area (Å²) in [6, 6.07) is 5.15. The molecule has 1 spiro atoms. The number of carbonyl (C=O) groups excluding carboxylic acids is 2. The Bertz CT molecular complexity index is 1600. The number of fused-ring (bicyclic) bond motifs is 3. The van der Waals surface area contributed by atoms with Crippen LogP contribution in [0.3, 0.4) is 0 Å². The van der Waals surface area contributed by atoms with Crippen molar-refractivity contribution in [1.82, 2.24) is 20.2 Å². The summed E-state index contributed by atoms with van der Waals surface area (Å²) >= 11 is 0. The van der Waals surface area contributed by atoms with E-state index in [1.165, 1.54) is 4.90 Å². The third-order valence-corrected chi connectivity index (χ3v) is 9.23. The summed E-state index contributed by atoms with van der Waals surface area (Å²) in [7, 11) is 0. The number of oxazole rings is 1. The summed E-state index contributed by atoms with van der Waals surface area (Å²) in [5.41, 5.74) is 1.83. The van der Waals surface area contributed by atoms with Gasteiger partial charge in [-0.3, -0.25) is 9.69 Å². The lowest BCUT2D eigenvalue weighted by molar-refractivity contribution is -0.118. The maximum Gasteiger partial charge on any atom is 0.416 e. The maximum atomic E-state index is 15.5. The Morgan fingerprint density at radius 1 is 1.17 bits per heavy atom. The molecule has 220 valence electrons. The number of halogens is 1. The highest BCUT2D eigenvalue weighted by molar-refractivity contribution is 5.95. The van der Waals surface area contributed by atoms with Gasteiger partial charge in [0, 0.05) is 39.0 Å². The molecule has 8 rings (SSSR count). The van der Waals surface area contributed by atoms with E-state index in [4.69, 9.17) is 13.9 Å². The van der Waals surface area contributed by atoms with Gasteiger partial charge >= 0.3 is 6.09 Å². The second kappa shape index (κ2) is 9.61. The first-order chi connectivity index (χ1) is 20.3. The molecule has 1 aliphatic carbocycles. The van der Waals surface area contributed by atoms with Gasteiger partial charge in [0.15, 0.2) is 29.6 Å². The number of aromatic nitrogens is 2. The van der Waals surface area contributed by atoms with Crippen LogP contribution in [-0.2, 0) is 22.4 Å². The predicted molar refractivity (Wildman–Crippen MR) is 147 cm³/mol. The van der Waals surface area contributed by atoms with Crippen LogP contribution in [0.25, 0.3) is 11.1 Å². The number of likely N-dealkylation sites (tertiary alicyclic amines) is 1. The van der Waals surface area contributed by atoms with E-state index in [9.17, 15) is 14.7 Å². The van der Waals surface area contributed by atoms with Gasteiger partial charge in [0.05, 0.1) is 18.7 Å². The van der Waals surface area contributed by atoms with Crippen LogP contribution in [0.5, 0.6) is 5.75 Å². The van der Waals surface area contributed by atoms with E-state index in [2.05, 4.69) is 25.5 Å². The van der Waals surface area contributed by atoms with Crippen molar-refractivity contribution in [3.8, 4) is 5.75 Å².